The second-order valence-electron chi connectivity index (χ2n) is 5.59. The lowest BCUT2D eigenvalue weighted by atomic mass is 10.0. The molecule has 0 amide bonds. The standard InChI is InChI=1S/C18H17Cl2NO2/c1-12-8-16(23-21-12)9-13-4-2-3-5-18(13)22-11-14-6-7-15(19)10-17(14)20/h2-7,10,16H,8-9,11H2,1H3/t16-/m1/s1. The van der Waals surface area contributed by atoms with Crippen molar-refractivity contribution in [2.24, 2.45) is 5.16 Å². The average molecular weight is 350 g/mol. The van der Waals surface area contributed by atoms with E-state index >= 15 is 0 Å². The maximum atomic E-state index is 6.19. The first kappa shape index (κ1) is 16.2. The largest absolute Gasteiger partial charge is 0.489 e. The van der Waals surface area contributed by atoms with Gasteiger partial charge in [-0.05, 0) is 30.7 Å². The third kappa shape index (κ3) is 4.18. The van der Waals surface area contributed by atoms with E-state index in [1.807, 2.05) is 37.3 Å². The summed E-state index contributed by atoms with van der Waals surface area (Å²) in [4.78, 5) is 5.42. The molecule has 1 aliphatic heterocycles. The Hall–Kier alpha value is -1.71. The highest BCUT2D eigenvalue weighted by atomic mass is 35.5. The van der Waals surface area contributed by atoms with Gasteiger partial charge in [-0.2, -0.15) is 0 Å². The molecule has 1 aliphatic rings. The van der Waals surface area contributed by atoms with Gasteiger partial charge < -0.3 is 9.57 Å². The Labute approximate surface area is 145 Å². The van der Waals surface area contributed by atoms with Gasteiger partial charge >= 0.3 is 0 Å². The third-order valence-electron chi connectivity index (χ3n) is 3.70. The number of ether oxygens (including phenoxy) is 1. The van der Waals surface area contributed by atoms with Crippen molar-refractivity contribution in [1.29, 1.82) is 0 Å². The molecule has 23 heavy (non-hydrogen) atoms. The van der Waals surface area contributed by atoms with Crippen LogP contribution in [-0.4, -0.2) is 11.8 Å². The average Bonchev–Trinajstić information content (AvgIpc) is 2.93. The molecule has 0 saturated carbocycles. The molecule has 0 bridgehead atoms. The Morgan fingerprint density at radius 2 is 2.00 bits per heavy atom. The van der Waals surface area contributed by atoms with E-state index < -0.39 is 0 Å². The molecule has 0 N–H and O–H groups in total. The van der Waals surface area contributed by atoms with E-state index in [0.717, 1.165) is 35.4 Å². The summed E-state index contributed by atoms with van der Waals surface area (Å²) in [6.07, 6.45) is 1.71. The van der Waals surface area contributed by atoms with Gasteiger partial charge in [0.15, 0.2) is 0 Å². The molecule has 0 saturated heterocycles. The molecule has 120 valence electrons. The van der Waals surface area contributed by atoms with E-state index in [-0.39, 0.29) is 6.10 Å². The lowest BCUT2D eigenvalue weighted by molar-refractivity contribution is 0.0852. The number of nitrogens with zero attached hydrogens (tertiary/aromatic N) is 1. The van der Waals surface area contributed by atoms with Gasteiger partial charge in [-0.1, -0.05) is 52.6 Å². The second-order valence-corrected chi connectivity index (χ2v) is 6.44. The Morgan fingerprint density at radius 3 is 2.74 bits per heavy atom. The summed E-state index contributed by atoms with van der Waals surface area (Å²) >= 11 is 12.1. The molecule has 3 rings (SSSR count). The molecule has 3 nitrogen and oxygen atoms in total. The van der Waals surface area contributed by atoms with Crippen molar-refractivity contribution >= 4 is 28.9 Å². The van der Waals surface area contributed by atoms with Gasteiger partial charge in [0.2, 0.25) is 0 Å². The smallest absolute Gasteiger partial charge is 0.137 e. The number of oxime groups is 1. The number of halogens is 2. The van der Waals surface area contributed by atoms with Gasteiger partial charge in [-0.25, -0.2) is 0 Å². The van der Waals surface area contributed by atoms with E-state index in [2.05, 4.69) is 11.2 Å². The Balaban J connectivity index is 1.68. The minimum atomic E-state index is 0.0823. The quantitative estimate of drug-likeness (QED) is 0.735. The molecule has 0 fully saturated rings. The number of para-hydroxylation sites is 1. The van der Waals surface area contributed by atoms with Crippen LogP contribution in [0.4, 0.5) is 0 Å². The molecule has 1 atom stereocenters. The number of hydrogen-bond donors (Lipinski definition) is 0. The van der Waals surface area contributed by atoms with Crippen molar-refractivity contribution in [2.45, 2.75) is 32.5 Å². The summed E-state index contributed by atoms with van der Waals surface area (Å²) in [5.41, 5.74) is 3.04. The van der Waals surface area contributed by atoms with E-state index in [0.29, 0.717) is 16.7 Å². The van der Waals surface area contributed by atoms with Crippen molar-refractivity contribution in [2.75, 3.05) is 0 Å². The first-order valence-electron chi connectivity index (χ1n) is 7.46. The van der Waals surface area contributed by atoms with Gasteiger partial charge in [0.1, 0.15) is 18.5 Å². The van der Waals surface area contributed by atoms with Gasteiger partial charge in [0, 0.05) is 28.5 Å². The summed E-state index contributed by atoms with van der Waals surface area (Å²) in [5, 5.41) is 5.23. The van der Waals surface area contributed by atoms with Crippen molar-refractivity contribution in [1.82, 2.24) is 0 Å². The Kier molecular flexibility index (Phi) is 5.09. The van der Waals surface area contributed by atoms with Crippen LogP contribution in [0.1, 0.15) is 24.5 Å². The van der Waals surface area contributed by atoms with Crippen LogP contribution in [0.25, 0.3) is 0 Å². The fourth-order valence-corrected chi connectivity index (χ4v) is 2.99. The van der Waals surface area contributed by atoms with Gasteiger partial charge in [0.05, 0.1) is 5.71 Å². The molecule has 0 spiro atoms. The molecule has 5 heteroatoms. The molecule has 2 aromatic rings. The lowest BCUT2D eigenvalue weighted by Gasteiger charge is -2.14. The predicted molar refractivity (Wildman–Crippen MR) is 93.5 cm³/mol. The van der Waals surface area contributed by atoms with Crippen LogP contribution in [0, 0.1) is 0 Å². The van der Waals surface area contributed by atoms with Crippen LogP contribution in [0.5, 0.6) is 5.75 Å². The summed E-state index contributed by atoms with van der Waals surface area (Å²) in [6.45, 7) is 2.37. The molecular formula is C18H17Cl2NO2. The minimum absolute atomic E-state index is 0.0823. The third-order valence-corrected chi connectivity index (χ3v) is 4.29. The van der Waals surface area contributed by atoms with Gasteiger partial charge in [-0.15, -0.1) is 0 Å². The highest BCUT2D eigenvalue weighted by molar-refractivity contribution is 6.35. The topological polar surface area (TPSA) is 30.8 Å². The van der Waals surface area contributed by atoms with E-state index in [1.165, 1.54) is 0 Å². The molecule has 1 heterocycles. The van der Waals surface area contributed by atoms with Crippen molar-refractivity contribution < 1.29 is 9.57 Å². The van der Waals surface area contributed by atoms with Crippen molar-refractivity contribution in [3.8, 4) is 5.75 Å². The van der Waals surface area contributed by atoms with Gasteiger partial charge in [-0.3, -0.25) is 0 Å². The first-order valence-corrected chi connectivity index (χ1v) is 8.21. The molecule has 0 aromatic heterocycles. The number of hydrogen-bond acceptors (Lipinski definition) is 3. The molecule has 0 aliphatic carbocycles. The van der Waals surface area contributed by atoms with Crippen LogP contribution in [0.2, 0.25) is 10.0 Å². The normalized spacial score (nSPS) is 16.8. The fourth-order valence-electron chi connectivity index (χ4n) is 2.53. The zero-order chi connectivity index (χ0) is 16.2. The molecule has 0 radical (unpaired) electrons. The van der Waals surface area contributed by atoms with E-state index in [9.17, 15) is 0 Å². The van der Waals surface area contributed by atoms with E-state index in [1.54, 1.807) is 6.07 Å². The van der Waals surface area contributed by atoms with E-state index in [4.69, 9.17) is 32.8 Å². The van der Waals surface area contributed by atoms with Crippen molar-refractivity contribution in [3.63, 3.8) is 0 Å². The maximum absolute atomic E-state index is 6.19. The van der Waals surface area contributed by atoms with Crippen LogP contribution in [0.3, 0.4) is 0 Å². The molecule has 2 aromatic carbocycles. The number of benzene rings is 2. The SMILES string of the molecule is CC1=NO[C@@H](Cc2ccccc2OCc2ccc(Cl)cc2Cl)C1. The van der Waals surface area contributed by atoms with Crippen LogP contribution >= 0.6 is 23.2 Å². The lowest BCUT2D eigenvalue weighted by Crippen LogP contribution is -2.11. The maximum Gasteiger partial charge on any atom is 0.137 e. The summed E-state index contributed by atoms with van der Waals surface area (Å²) < 4.78 is 5.96. The Bertz CT molecular complexity index is 731. The molecular weight excluding hydrogens is 333 g/mol. The predicted octanol–water partition coefficient (Wildman–Crippen LogP) is 5.28. The van der Waals surface area contributed by atoms with Crippen LogP contribution in [-0.2, 0) is 17.9 Å². The van der Waals surface area contributed by atoms with Crippen LogP contribution in [0.15, 0.2) is 47.6 Å². The fraction of sp³-hybridized carbons (Fsp3) is 0.278. The highest BCUT2D eigenvalue weighted by Gasteiger charge is 2.20. The Morgan fingerprint density at radius 1 is 1.17 bits per heavy atom. The van der Waals surface area contributed by atoms with Crippen LogP contribution < -0.4 is 4.74 Å². The minimum Gasteiger partial charge on any atom is -0.489 e. The highest BCUT2D eigenvalue weighted by Crippen LogP contribution is 2.26. The molecule has 0 unspecified atom stereocenters. The monoisotopic (exact) mass is 349 g/mol. The summed E-state index contributed by atoms with van der Waals surface area (Å²) in [7, 11) is 0. The van der Waals surface area contributed by atoms with Crippen molar-refractivity contribution in [3.05, 3.63) is 63.6 Å². The summed E-state index contributed by atoms with van der Waals surface area (Å²) in [5.74, 6) is 0.840. The summed E-state index contributed by atoms with van der Waals surface area (Å²) in [6, 6.07) is 13.4. The zero-order valence-electron chi connectivity index (χ0n) is 12.8. The second kappa shape index (κ2) is 7.24. The number of rotatable bonds is 5. The van der Waals surface area contributed by atoms with Gasteiger partial charge in [0.25, 0.3) is 0 Å². The first-order chi connectivity index (χ1) is 11.1. The zero-order valence-corrected chi connectivity index (χ0v) is 14.3.